The Morgan fingerprint density at radius 1 is 1.57 bits per heavy atom. The lowest BCUT2D eigenvalue weighted by atomic mass is 10.7. The molecule has 0 saturated carbocycles. The first-order valence-electron chi connectivity index (χ1n) is 1.88. The number of rotatable bonds is 3. The standard InChI is InChI=1S/C5H8OS/c1-3-5(6)7-4-2/h3-6H,1-2H2. The Bertz CT molecular complexity index is 70.5. The third kappa shape index (κ3) is 3.62. The van der Waals surface area contributed by atoms with E-state index in [2.05, 4.69) is 13.2 Å². The van der Waals surface area contributed by atoms with Crippen LogP contribution in [0.25, 0.3) is 0 Å². The van der Waals surface area contributed by atoms with Crippen LogP contribution >= 0.6 is 11.8 Å². The zero-order chi connectivity index (χ0) is 5.70. The van der Waals surface area contributed by atoms with Crippen molar-refractivity contribution >= 4 is 11.8 Å². The van der Waals surface area contributed by atoms with E-state index in [4.69, 9.17) is 5.11 Å². The van der Waals surface area contributed by atoms with E-state index in [0.717, 1.165) is 0 Å². The summed E-state index contributed by atoms with van der Waals surface area (Å²) in [5.41, 5.74) is -0.488. The minimum absolute atomic E-state index is 0.488. The van der Waals surface area contributed by atoms with Gasteiger partial charge in [-0.05, 0) is 5.41 Å². The highest BCUT2D eigenvalue weighted by atomic mass is 32.2. The largest absolute Gasteiger partial charge is 0.378 e. The van der Waals surface area contributed by atoms with E-state index in [9.17, 15) is 0 Å². The second-order valence-corrected chi connectivity index (χ2v) is 2.02. The molecule has 0 saturated heterocycles. The van der Waals surface area contributed by atoms with Crippen LogP contribution in [0.15, 0.2) is 24.6 Å². The molecule has 0 aromatic carbocycles. The molecular weight excluding hydrogens is 108 g/mol. The first-order chi connectivity index (χ1) is 3.31. The van der Waals surface area contributed by atoms with Gasteiger partial charge >= 0.3 is 0 Å². The third-order valence-electron chi connectivity index (χ3n) is 0.437. The number of aliphatic hydroxyl groups excluding tert-OH is 1. The second-order valence-electron chi connectivity index (χ2n) is 0.929. The molecule has 0 rings (SSSR count). The van der Waals surface area contributed by atoms with Crippen LogP contribution in [0.4, 0.5) is 0 Å². The Hall–Kier alpha value is -0.210. The molecule has 0 aromatic rings. The summed E-state index contributed by atoms with van der Waals surface area (Å²) in [6.07, 6.45) is 1.45. The van der Waals surface area contributed by atoms with Crippen molar-refractivity contribution < 1.29 is 5.11 Å². The molecule has 7 heavy (non-hydrogen) atoms. The lowest BCUT2D eigenvalue weighted by Crippen LogP contribution is -1.89. The van der Waals surface area contributed by atoms with Gasteiger partial charge in [-0.1, -0.05) is 31.0 Å². The molecule has 1 atom stereocenters. The molecule has 1 N–H and O–H groups in total. The Labute approximate surface area is 47.7 Å². The number of thioether (sulfide) groups is 1. The Morgan fingerprint density at radius 2 is 2.14 bits per heavy atom. The summed E-state index contributed by atoms with van der Waals surface area (Å²) >= 11 is 1.23. The molecule has 0 aliphatic rings. The average molecular weight is 116 g/mol. The fourth-order valence-electron chi connectivity index (χ4n) is 0.154. The molecule has 0 aliphatic heterocycles. The summed E-state index contributed by atoms with van der Waals surface area (Å²) in [7, 11) is 0. The van der Waals surface area contributed by atoms with Gasteiger partial charge in [0.25, 0.3) is 0 Å². The van der Waals surface area contributed by atoms with E-state index in [1.54, 1.807) is 5.41 Å². The molecule has 0 heterocycles. The van der Waals surface area contributed by atoms with Crippen LogP contribution in [0.2, 0.25) is 0 Å². The number of hydrogen-bond donors (Lipinski definition) is 1. The fraction of sp³-hybridized carbons (Fsp3) is 0.200. The first kappa shape index (κ1) is 6.79. The van der Waals surface area contributed by atoms with Crippen LogP contribution in [0.5, 0.6) is 0 Å². The highest BCUT2D eigenvalue weighted by Gasteiger charge is 1.88. The minimum atomic E-state index is -0.488. The summed E-state index contributed by atoms with van der Waals surface area (Å²) < 4.78 is 0. The van der Waals surface area contributed by atoms with Gasteiger partial charge in [-0.2, -0.15) is 0 Å². The zero-order valence-corrected chi connectivity index (χ0v) is 4.82. The van der Waals surface area contributed by atoms with Gasteiger partial charge in [0.2, 0.25) is 0 Å². The number of hydrogen-bond acceptors (Lipinski definition) is 2. The van der Waals surface area contributed by atoms with E-state index in [1.807, 2.05) is 0 Å². The third-order valence-corrected chi connectivity index (χ3v) is 1.10. The van der Waals surface area contributed by atoms with Gasteiger partial charge in [0, 0.05) is 0 Å². The van der Waals surface area contributed by atoms with Crippen LogP contribution in [0, 0.1) is 0 Å². The second kappa shape index (κ2) is 3.96. The van der Waals surface area contributed by atoms with E-state index < -0.39 is 5.44 Å². The van der Waals surface area contributed by atoms with Gasteiger partial charge in [-0.15, -0.1) is 0 Å². The van der Waals surface area contributed by atoms with E-state index in [0.29, 0.717) is 0 Å². The lowest BCUT2D eigenvalue weighted by molar-refractivity contribution is 0.311. The van der Waals surface area contributed by atoms with Crippen LogP contribution in [-0.4, -0.2) is 10.5 Å². The summed E-state index contributed by atoms with van der Waals surface area (Å²) in [6.45, 7) is 6.76. The van der Waals surface area contributed by atoms with Gasteiger partial charge in [0.05, 0.1) is 0 Å². The van der Waals surface area contributed by atoms with Crippen LogP contribution in [-0.2, 0) is 0 Å². The van der Waals surface area contributed by atoms with Gasteiger partial charge in [-0.25, -0.2) is 0 Å². The van der Waals surface area contributed by atoms with Gasteiger partial charge in [0.1, 0.15) is 5.44 Å². The predicted octanol–water partition coefficient (Wildman–Crippen LogP) is 1.37. The molecule has 40 valence electrons. The minimum Gasteiger partial charge on any atom is -0.378 e. The smallest absolute Gasteiger partial charge is 0.121 e. The highest BCUT2D eigenvalue weighted by Crippen LogP contribution is 2.07. The number of aliphatic hydroxyl groups is 1. The molecule has 1 unspecified atom stereocenters. The Kier molecular flexibility index (Phi) is 3.84. The molecular formula is C5H8OS. The molecule has 2 heteroatoms. The normalized spacial score (nSPS) is 12.7. The maximum absolute atomic E-state index is 8.63. The van der Waals surface area contributed by atoms with Crippen molar-refractivity contribution in [3.8, 4) is 0 Å². The van der Waals surface area contributed by atoms with Gasteiger partial charge in [-0.3, -0.25) is 0 Å². The van der Waals surface area contributed by atoms with Crippen LogP contribution in [0.1, 0.15) is 0 Å². The molecule has 0 aromatic heterocycles. The lowest BCUT2D eigenvalue weighted by Gasteiger charge is -1.94. The van der Waals surface area contributed by atoms with Crippen molar-refractivity contribution in [2.45, 2.75) is 5.44 Å². The van der Waals surface area contributed by atoms with Crippen molar-refractivity contribution in [2.75, 3.05) is 0 Å². The molecule has 0 bridgehead atoms. The topological polar surface area (TPSA) is 20.2 Å². The van der Waals surface area contributed by atoms with Crippen LogP contribution < -0.4 is 0 Å². The Morgan fingerprint density at radius 3 is 2.29 bits per heavy atom. The molecule has 0 radical (unpaired) electrons. The van der Waals surface area contributed by atoms with Crippen molar-refractivity contribution in [3.05, 3.63) is 24.6 Å². The van der Waals surface area contributed by atoms with Crippen molar-refractivity contribution in [1.29, 1.82) is 0 Å². The molecule has 0 spiro atoms. The van der Waals surface area contributed by atoms with Crippen LogP contribution in [0.3, 0.4) is 0 Å². The van der Waals surface area contributed by atoms with E-state index in [-0.39, 0.29) is 0 Å². The Balaban J connectivity index is 3.15. The molecule has 0 amide bonds. The molecule has 1 nitrogen and oxygen atoms in total. The predicted molar refractivity (Wildman–Crippen MR) is 34.0 cm³/mol. The monoisotopic (exact) mass is 116 g/mol. The quantitative estimate of drug-likeness (QED) is 0.444. The first-order valence-corrected chi connectivity index (χ1v) is 2.82. The average Bonchev–Trinajstić information content (AvgIpc) is 1.68. The van der Waals surface area contributed by atoms with E-state index >= 15 is 0 Å². The van der Waals surface area contributed by atoms with Crippen molar-refractivity contribution in [2.24, 2.45) is 0 Å². The zero-order valence-electron chi connectivity index (χ0n) is 4.00. The maximum atomic E-state index is 8.63. The van der Waals surface area contributed by atoms with E-state index in [1.165, 1.54) is 17.8 Å². The van der Waals surface area contributed by atoms with Crippen molar-refractivity contribution in [3.63, 3.8) is 0 Å². The summed E-state index contributed by atoms with van der Waals surface area (Å²) in [6, 6.07) is 0. The summed E-state index contributed by atoms with van der Waals surface area (Å²) in [5, 5.41) is 10.2. The highest BCUT2D eigenvalue weighted by molar-refractivity contribution is 8.02. The SMILES string of the molecule is C=CSC(O)C=C. The summed E-state index contributed by atoms with van der Waals surface area (Å²) in [4.78, 5) is 0. The van der Waals surface area contributed by atoms with Gasteiger partial charge < -0.3 is 5.11 Å². The van der Waals surface area contributed by atoms with Crippen molar-refractivity contribution in [1.82, 2.24) is 0 Å². The molecule has 0 aliphatic carbocycles. The molecule has 0 fully saturated rings. The van der Waals surface area contributed by atoms with Gasteiger partial charge in [0.15, 0.2) is 0 Å². The summed E-state index contributed by atoms with van der Waals surface area (Å²) in [5.74, 6) is 0. The maximum Gasteiger partial charge on any atom is 0.121 e. The fourth-order valence-corrected chi connectivity index (χ4v) is 0.462.